The van der Waals surface area contributed by atoms with Gasteiger partial charge >= 0.3 is 11.9 Å². The molecule has 0 aromatic heterocycles. The molecule has 0 spiro atoms. The fourth-order valence-electron chi connectivity index (χ4n) is 4.37. The first-order valence-corrected chi connectivity index (χ1v) is 17.8. The number of carbonyl (C=O) groups excluding carboxylic acids is 2. The Morgan fingerprint density at radius 3 is 1.50 bits per heavy atom. The average molecular weight is 551 g/mol. The van der Waals surface area contributed by atoms with E-state index in [1.807, 2.05) is 43.2 Å². The van der Waals surface area contributed by atoms with Gasteiger partial charge in [-0.1, -0.05) is 56.0 Å². The third kappa shape index (κ3) is 12.5. The molecule has 0 radical (unpaired) electrons. The van der Waals surface area contributed by atoms with Crippen molar-refractivity contribution in [2.45, 2.75) is 74.7 Å². The van der Waals surface area contributed by atoms with Crippen molar-refractivity contribution in [2.24, 2.45) is 0 Å². The second kappa shape index (κ2) is 17.7. The van der Waals surface area contributed by atoms with Crippen LogP contribution in [0.3, 0.4) is 0 Å². The summed E-state index contributed by atoms with van der Waals surface area (Å²) in [6.07, 6.45) is 10.3. The predicted octanol–water partition coefficient (Wildman–Crippen LogP) is 5.12. The topological polar surface area (TPSA) is 59.1 Å². The largest absolute Gasteiger partial charge is 0.464 e. The van der Waals surface area contributed by atoms with Gasteiger partial charge in [0.15, 0.2) is 0 Å². The van der Waals surface area contributed by atoms with Gasteiger partial charge in [-0.2, -0.15) is 0 Å². The molecule has 3 saturated heterocycles. The Bertz CT molecular complexity index is 531. The van der Waals surface area contributed by atoms with Crippen LogP contribution in [0.4, 0.5) is 0 Å². The highest BCUT2D eigenvalue weighted by molar-refractivity contribution is 8.77. The zero-order valence-electron chi connectivity index (χ0n) is 20.5. The minimum Gasteiger partial charge on any atom is -0.464 e. The van der Waals surface area contributed by atoms with Gasteiger partial charge in [0.2, 0.25) is 0 Å². The van der Waals surface area contributed by atoms with Crippen LogP contribution in [0.25, 0.3) is 0 Å². The minimum absolute atomic E-state index is 0.0506. The molecule has 0 aliphatic carbocycles. The average Bonchev–Trinajstić information content (AvgIpc) is 3.55. The van der Waals surface area contributed by atoms with Crippen molar-refractivity contribution >= 4 is 55.1 Å². The fraction of sp³-hybridized carbons (Fsp3) is 0.917. The highest BCUT2D eigenvalue weighted by Gasteiger charge is 2.19. The van der Waals surface area contributed by atoms with Gasteiger partial charge in [0.05, 0.1) is 0 Å². The van der Waals surface area contributed by atoms with Crippen molar-refractivity contribution in [1.82, 2.24) is 9.80 Å². The van der Waals surface area contributed by atoms with Crippen LogP contribution in [0.15, 0.2) is 0 Å². The Hall–Kier alpha value is 0.260. The van der Waals surface area contributed by atoms with Crippen LogP contribution in [0.1, 0.15) is 64.2 Å². The van der Waals surface area contributed by atoms with Gasteiger partial charge in [-0.05, 0) is 38.5 Å². The lowest BCUT2D eigenvalue weighted by Gasteiger charge is -2.34. The summed E-state index contributed by atoms with van der Waals surface area (Å²) in [5.74, 6) is 2.45. The second-order valence-corrected chi connectivity index (χ2v) is 14.8. The number of esters is 2. The predicted molar refractivity (Wildman–Crippen MR) is 149 cm³/mol. The van der Waals surface area contributed by atoms with Crippen molar-refractivity contribution in [3.05, 3.63) is 0 Å². The fourth-order valence-corrected chi connectivity index (χ4v) is 10.4. The third-order valence-corrected chi connectivity index (χ3v) is 12.6. The molecule has 2 atom stereocenters. The van der Waals surface area contributed by atoms with Crippen LogP contribution in [-0.4, -0.2) is 96.2 Å². The van der Waals surface area contributed by atoms with Crippen molar-refractivity contribution < 1.29 is 19.1 Å². The zero-order valence-corrected chi connectivity index (χ0v) is 23.7. The number of carbonyl (C=O) groups is 2. The van der Waals surface area contributed by atoms with Crippen molar-refractivity contribution in [1.29, 1.82) is 0 Å². The Morgan fingerprint density at radius 2 is 1.12 bits per heavy atom. The van der Waals surface area contributed by atoms with Crippen LogP contribution >= 0.6 is 43.2 Å². The lowest BCUT2D eigenvalue weighted by molar-refractivity contribution is -0.145. The van der Waals surface area contributed by atoms with Gasteiger partial charge in [-0.25, -0.2) is 0 Å². The molecule has 3 aliphatic heterocycles. The number of rotatable bonds is 16. The molecular formula is C24H42N2O4S4. The summed E-state index contributed by atoms with van der Waals surface area (Å²) in [7, 11) is 7.98. The molecule has 3 aliphatic rings. The van der Waals surface area contributed by atoms with E-state index < -0.39 is 0 Å². The quantitative estimate of drug-likeness (QED) is 0.147. The zero-order chi connectivity index (χ0) is 23.8. The van der Waals surface area contributed by atoms with E-state index in [1.165, 1.54) is 37.2 Å². The molecule has 2 unspecified atom stereocenters. The molecule has 34 heavy (non-hydrogen) atoms. The molecule has 3 rings (SSSR count). The first-order chi connectivity index (χ1) is 16.7. The van der Waals surface area contributed by atoms with E-state index in [9.17, 15) is 9.59 Å². The standard InChI is InChI=1S/C24H42N2O4S4/c27-23(7-3-1-5-21-9-19-31-33-21)29-17-15-25-11-13-26(14-12-25)16-18-30-24(28)8-4-2-6-22-10-20-32-34-22/h21-22H,1-20H2. The molecule has 3 fully saturated rings. The Kier molecular flexibility index (Phi) is 15.0. The SMILES string of the molecule is O=C(CCCCC1CCSS1)OCCN1CCN(CCOC(=O)CCCCC2CCSS2)CC1. The Balaban J connectivity index is 1.09. The number of unbranched alkanes of at least 4 members (excludes halogenated alkanes) is 2. The normalized spacial score (nSPS) is 23.9. The monoisotopic (exact) mass is 550 g/mol. The van der Waals surface area contributed by atoms with Crippen molar-refractivity contribution in [2.75, 3.05) is 64.0 Å². The van der Waals surface area contributed by atoms with Gasteiger partial charge in [0.25, 0.3) is 0 Å². The van der Waals surface area contributed by atoms with Gasteiger partial charge in [0, 0.05) is 74.1 Å². The summed E-state index contributed by atoms with van der Waals surface area (Å²) in [5, 5.41) is 1.59. The van der Waals surface area contributed by atoms with Gasteiger partial charge in [-0.3, -0.25) is 19.4 Å². The van der Waals surface area contributed by atoms with E-state index in [-0.39, 0.29) is 11.9 Å². The molecule has 0 aromatic carbocycles. The van der Waals surface area contributed by atoms with Crippen LogP contribution in [-0.2, 0) is 19.1 Å². The van der Waals surface area contributed by atoms with Gasteiger partial charge in [-0.15, -0.1) is 0 Å². The summed E-state index contributed by atoms with van der Waals surface area (Å²) in [6, 6.07) is 0. The van der Waals surface area contributed by atoms with E-state index in [4.69, 9.17) is 9.47 Å². The van der Waals surface area contributed by atoms with Crippen molar-refractivity contribution in [3.8, 4) is 0 Å². The Morgan fingerprint density at radius 1 is 0.676 bits per heavy atom. The highest BCUT2D eigenvalue weighted by atomic mass is 33.1. The first-order valence-electron chi connectivity index (χ1n) is 13.0. The lowest BCUT2D eigenvalue weighted by Crippen LogP contribution is -2.48. The smallest absolute Gasteiger partial charge is 0.305 e. The first kappa shape index (κ1) is 28.8. The van der Waals surface area contributed by atoms with Crippen molar-refractivity contribution in [3.63, 3.8) is 0 Å². The summed E-state index contributed by atoms with van der Waals surface area (Å²) < 4.78 is 10.9. The van der Waals surface area contributed by atoms with E-state index in [0.717, 1.165) is 75.5 Å². The minimum atomic E-state index is -0.0506. The van der Waals surface area contributed by atoms with Crippen LogP contribution in [0.5, 0.6) is 0 Å². The molecule has 0 amide bonds. The van der Waals surface area contributed by atoms with E-state index >= 15 is 0 Å². The Labute approximate surface area is 221 Å². The van der Waals surface area contributed by atoms with Crippen LogP contribution in [0.2, 0.25) is 0 Å². The number of nitrogens with zero attached hydrogens (tertiary/aromatic N) is 2. The maximum atomic E-state index is 11.9. The van der Waals surface area contributed by atoms with E-state index in [2.05, 4.69) is 9.80 Å². The molecule has 3 heterocycles. The molecule has 0 aromatic rings. The third-order valence-electron chi connectivity index (χ3n) is 6.57. The summed E-state index contributed by atoms with van der Waals surface area (Å²) >= 11 is 0. The van der Waals surface area contributed by atoms with Crippen LogP contribution < -0.4 is 0 Å². The van der Waals surface area contributed by atoms with E-state index in [0.29, 0.717) is 26.1 Å². The van der Waals surface area contributed by atoms with E-state index in [1.54, 1.807) is 0 Å². The number of ether oxygens (including phenoxy) is 2. The van der Waals surface area contributed by atoms with Gasteiger partial charge in [0.1, 0.15) is 13.2 Å². The number of hydrogen-bond acceptors (Lipinski definition) is 10. The molecular weight excluding hydrogens is 509 g/mol. The molecule has 6 nitrogen and oxygen atoms in total. The highest BCUT2D eigenvalue weighted by Crippen LogP contribution is 2.40. The van der Waals surface area contributed by atoms with Gasteiger partial charge < -0.3 is 9.47 Å². The maximum Gasteiger partial charge on any atom is 0.305 e. The van der Waals surface area contributed by atoms with Crippen LogP contribution in [0, 0.1) is 0 Å². The maximum absolute atomic E-state index is 11.9. The number of piperazine rings is 1. The summed E-state index contributed by atoms with van der Waals surface area (Å²) in [5.41, 5.74) is 0. The number of hydrogen-bond donors (Lipinski definition) is 0. The molecule has 0 N–H and O–H groups in total. The lowest BCUT2D eigenvalue weighted by atomic mass is 10.1. The molecule has 10 heteroatoms. The molecule has 0 saturated carbocycles. The summed E-state index contributed by atoms with van der Waals surface area (Å²) in [4.78, 5) is 28.6. The molecule has 0 bridgehead atoms. The molecule has 196 valence electrons. The second-order valence-electron chi connectivity index (χ2n) is 9.27. The summed E-state index contributed by atoms with van der Waals surface area (Å²) in [6.45, 7) is 6.49.